The molecule has 0 saturated carbocycles. The van der Waals surface area contributed by atoms with E-state index in [0.29, 0.717) is 31.8 Å². The second kappa shape index (κ2) is 7.98. The fraction of sp³-hybridized carbons (Fsp3) is 0.316. The van der Waals surface area contributed by atoms with Crippen LogP contribution in [-0.4, -0.2) is 25.9 Å². The van der Waals surface area contributed by atoms with Gasteiger partial charge in [0.05, 0.1) is 11.4 Å². The number of fused-ring (bicyclic) bond motifs is 1. The van der Waals surface area contributed by atoms with E-state index in [1.807, 2.05) is 31.2 Å². The van der Waals surface area contributed by atoms with Crippen molar-refractivity contribution in [3.05, 3.63) is 53.8 Å². The third-order valence-corrected chi connectivity index (χ3v) is 3.99. The van der Waals surface area contributed by atoms with Crippen molar-refractivity contribution in [3.8, 4) is 5.75 Å². The highest BCUT2D eigenvalue weighted by atomic mass is 19.1. The normalized spacial score (nSPS) is 13.8. The number of carbonyl (C=O) groups is 1. The van der Waals surface area contributed by atoms with Gasteiger partial charge in [-0.05, 0) is 42.8 Å². The number of benzene rings is 2. The largest absolute Gasteiger partial charge is 0.468 e. The summed E-state index contributed by atoms with van der Waals surface area (Å²) in [4.78, 5) is 13.9. The van der Waals surface area contributed by atoms with Gasteiger partial charge >= 0.3 is 0 Å². The molecule has 2 aromatic rings. The molecule has 0 aliphatic carbocycles. The SMILES string of the molecule is CCOCOc1ccc(CN2CCC(=O)Nc3cc(F)ccc32)cc1. The van der Waals surface area contributed by atoms with Crippen molar-refractivity contribution in [1.82, 2.24) is 0 Å². The summed E-state index contributed by atoms with van der Waals surface area (Å²) in [7, 11) is 0. The number of amides is 1. The Labute approximate surface area is 146 Å². The molecule has 1 aliphatic rings. The highest BCUT2D eigenvalue weighted by Crippen LogP contribution is 2.30. The van der Waals surface area contributed by atoms with Gasteiger partial charge in [-0.1, -0.05) is 12.1 Å². The lowest BCUT2D eigenvalue weighted by molar-refractivity contribution is -0.115. The van der Waals surface area contributed by atoms with E-state index >= 15 is 0 Å². The number of carbonyl (C=O) groups excluding carboxylic acids is 1. The van der Waals surface area contributed by atoms with Gasteiger partial charge in [-0.3, -0.25) is 4.79 Å². The van der Waals surface area contributed by atoms with Gasteiger partial charge < -0.3 is 19.7 Å². The first-order valence-corrected chi connectivity index (χ1v) is 8.29. The van der Waals surface area contributed by atoms with E-state index in [-0.39, 0.29) is 18.5 Å². The standard InChI is InChI=1S/C19H21FN2O3/c1-2-24-13-25-16-6-3-14(4-7-16)12-22-10-9-19(23)21-17-11-15(20)5-8-18(17)22/h3-8,11H,2,9-10,12-13H2,1H3,(H,21,23). The Balaban J connectivity index is 1.73. The van der Waals surface area contributed by atoms with Crippen LogP contribution in [0.3, 0.4) is 0 Å². The Bertz CT molecular complexity index is 734. The minimum absolute atomic E-state index is 0.103. The third kappa shape index (κ3) is 4.48. The van der Waals surface area contributed by atoms with Crippen LogP contribution < -0.4 is 15.0 Å². The molecule has 5 nitrogen and oxygen atoms in total. The molecule has 0 spiro atoms. The molecule has 2 aromatic carbocycles. The molecule has 0 radical (unpaired) electrons. The van der Waals surface area contributed by atoms with E-state index < -0.39 is 0 Å². The number of halogens is 1. The molecule has 0 aromatic heterocycles. The molecule has 1 amide bonds. The van der Waals surface area contributed by atoms with E-state index in [0.717, 1.165) is 17.0 Å². The summed E-state index contributed by atoms with van der Waals surface area (Å²) in [6.07, 6.45) is 0.367. The van der Waals surface area contributed by atoms with Crippen LogP contribution in [0.4, 0.5) is 15.8 Å². The van der Waals surface area contributed by atoms with Crippen molar-refractivity contribution >= 4 is 17.3 Å². The molecule has 1 N–H and O–H groups in total. The zero-order valence-corrected chi connectivity index (χ0v) is 14.1. The minimum Gasteiger partial charge on any atom is -0.468 e. The number of rotatable bonds is 6. The smallest absolute Gasteiger partial charge is 0.226 e. The molecule has 0 unspecified atom stereocenters. The van der Waals surface area contributed by atoms with Crippen LogP contribution in [0.2, 0.25) is 0 Å². The van der Waals surface area contributed by atoms with Crippen LogP contribution in [0.25, 0.3) is 0 Å². The second-order valence-electron chi connectivity index (χ2n) is 5.78. The van der Waals surface area contributed by atoms with Crippen molar-refractivity contribution in [2.75, 3.05) is 30.2 Å². The molecule has 0 atom stereocenters. The van der Waals surface area contributed by atoms with Crippen LogP contribution >= 0.6 is 0 Å². The molecule has 6 heteroatoms. The van der Waals surface area contributed by atoms with Crippen LogP contribution in [0.5, 0.6) is 5.75 Å². The molecule has 0 fully saturated rings. The first-order valence-electron chi connectivity index (χ1n) is 8.29. The van der Waals surface area contributed by atoms with Crippen LogP contribution in [-0.2, 0) is 16.1 Å². The van der Waals surface area contributed by atoms with E-state index in [4.69, 9.17) is 9.47 Å². The van der Waals surface area contributed by atoms with E-state index in [1.165, 1.54) is 12.1 Å². The predicted octanol–water partition coefficient (Wildman–Crippen LogP) is 3.55. The summed E-state index contributed by atoms with van der Waals surface area (Å²) >= 11 is 0. The van der Waals surface area contributed by atoms with Gasteiger partial charge in [-0.25, -0.2) is 4.39 Å². The first kappa shape index (κ1) is 17.2. The number of ether oxygens (including phenoxy) is 2. The first-order chi connectivity index (χ1) is 12.2. The van der Waals surface area contributed by atoms with Crippen LogP contribution in [0, 0.1) is 5.82 Å². The number of nitrogens with one attached hydrogen (secondary N) is 1. The number of hydrogen-bond acceptors (Lipinski definition) is 4. The maximum atomic E-state index is 13.5. The zero-order chi connectivity index (χ0) is 17.6. The quantitative estimate of drug-likeness (QED) is 0.643. The van der Waals surface area contributed by atoms with Crippen molar-refractivity contribution in [2.24, 2.45) is 0 Å². The average Bonchev–Trinajstić information content (AvgIpc) is 2.75. The molecule has 0 bridgehead atoms. The lowest BCUT2D eigenvalue weighted by Gasteiger charge is -2.24. The Morgan fingerprint density at radius 1 is 1.20 bits per heavy atom. The molecule has 25 heavy (non-hydrogen) atoms. The van der Waals surface area contributed by atoms with Gasteiger partial charge in [0.1, 0.15) is 11.6 Å². The van der Waals surface area contributed by atoms with E-state index in [2.05, 4.69) is 10.2 Å². The van der Waals surface area contributed by atoms with Crippen molar-refractivity contribution in [3.63, 3.8) is 0 Å². The summed E-state index contributed by atoms with van der Waals surface area (Å²) in [5.41, 5.74) is 2.41. The lowest BCUT2D eigenvalue weighted by Crippen LogP contribution is -2.24. The van der Waals surface area contributed by atoms with E-state index in [9.17, 15) is 9.18 Å². The lowest BCUT2D eigenvalue weighted by atomic mass is 10.1. The van der Waals surface area contributed by atoms with Gasteiger partial charge in [-0.2, -0.15) is 0 Å². The van der Waals surface area contributed by atoms with E-state index in [1.54, 1.807) is 6.07 Å². The fourth-order valence-corrected chi connectivity index (χ4v) is 2.72. The Morgan fingerprint density at radius 3 is 2.76 bits per heavy atom. The highest BCUT2D eigenvalue weighted by molar-refractivity contribution is 5.96. The molecule has 1 heterocycles. The van der Waals surface area contributed by atoms with Gasteiger partial charge in [0.25, 0.3) is 0 Å². The fourth-order valence-electron chi connectivity index (χ4n) is 2.72. The van der Waals surface area contributed by atoms with Gasteiger partial charge in [0, 0.05) is 26.1 Å². The Hall–Kier alpha value is -2.60. The zero-order valence-electron chi connectivity index (χ0n) is 14.1. The van der Waals surface area contributed by atoms with Crippen molar-refractivity contribution in [1.29, 1.82) is 0 Å². The van der Waals surface area contributed by atoms with Crippen molar-refractivity contribution < 1.29 is 18.7 Å². The Morgan fingerprint density at radius 2 is 2.00 bits per heavy atom. The van der Waals surface area contributed by atoms with Crippen molar-refractivity contribution in [2.45, 2.75) is 19.9 Å². The number of anilines is 2. The highest BCUT2D eigenvalue weighted by Gasteiger charge is 2.19. The molecule has 3 rings (SSSR count). The summed E-state index contributed by atoms with van der Waals surface area (Å²) in [6.45, 7) is 3.96. The summed E-state index contributed by atoms with van der Waals surface area (Å²) < 4.78 is 24.1. The summed E-state index contributed by atoms with van der Waals surface area (Å²) in [6, 6.07) is 12.2. The number of hydrogen-bond donors (Lipinski definition) is 1. The topological polar surface area (TPSA) is 50.8 Å². The molecule has 1 aliphatic heterocycles. The molecular formula is C19H21FN2O3. The molecular weight excluding hydrogens is 323 g/mol. The van der Waals surface area contributed by atoms with Crippen LogP contribution in [0.15, 0.2) is 42.5 Å². The predicted molar refractivity (Wildman–Crippen MR) is 94.3 cm³/mol. The molecule has 0 saturated heterocycles. The van der Waals surface area contributed by atoms with Gasteiger partial charge in [-0.15, -0.1) is 0 Å². The minimum atomic E-state index is -0.364. The second-order valence-corrected chi connectivity index (χ2v) is 5.78. The summed E-state index contributed by atoms with van der Waals surface area (Å²) in [5, 5.41) is 2.76. The summed E-state index contributed by atoms with van der Waals surface area (Å²) in [5.74, 6) is 0.276. The van der Waals surface area contributed by atoms with Crippen LogP contribution in [0.1, 0.15) is 18.9 Å². The van der Waals surface area contributed by atoms with Gasteiger partial charge in [0.2, 0.25) is 5.91 Å². The maximum absolute atomic E-state index is 13.5. The monoisotopic (exact) mass is 344 g/mol. The third-order valence-electron chi connectivity index (χ3n) is 3.99. The maximum Gasteiger partial charge on any atom is 0.226 e. The number of nitrogens with zero attached hydrogens (tertiary/aromatic N) is 1. The van der Waals surface area contributed by atoms with Gasteiger partial charge in [0.15, 0.2) is 6.79 Å². The molecule has 132 valence electrons. The average molecular weight is 344 g/mol. The Kier molecular flexibility index (Phi) is 5.50.